The number of imide groups is 1. The van der Waals surface area contributed by atoms with E-state index in [2.05, 4.69) is 5.32 Å². The standard InChI is InChI=1S/C22H23ClN2O5/c1-11(2)19(22(29)30-10-16(26)24-15-7-5-14(23)6-8-15)25-20(27)17-12-3-4-13(9-12)18(17)21(25)28/h3-8,11-13,17-19H,9-10H2,1-2H3,(H,24,26)/t12-,13-,17+,18+,19+/m0/s1. The van der Waals surface area contributed by atoms with Gasteiger partial charge in [0.2, 0.25) is 11.8 Å². The molecule has 0 aromatic heterocycles. The lowest BCUT2D eigenvalue weighted by Crippen LogP contribution is -2.50. The van der Waals surface area contributed by atoms with E-state index in [0.717, 1.165) is 11.3 Å². The lowest BCUT2D eigenvalue weighted by molar-refractivity contribution is -0.162. The molecular formula is C22H23ClN2O5. The van der Waals surface area contributed by atoms with Gasteiger partial charge in [0.15, 0.2) is 6.61 Å². The van der Waals surface area contributed by atoms with Crippen molar-refractivity contribution in [2.24, 2.45) is 29.6 Å². The fraction of sp³-hybridized carbons (Fsp3) is 0.455. The summed E-state index contributed by atoms with van der Waals surface area (Å²) in [6.45, 7) is 2.99. The fourth-order valence-electron chi connectivity index (χ4n) is 4.83. The average Bonchev–Trinajstić information content (AvgIpc) is 3.38. The van der Waals surface area contributed by atoms with Crippen LogP contribution in [0.25, 0.3) is 0 Å². The van der Waals surface area contributed by atoms with Crippen LogP contribution in [-0.2, 0) is 23.9 Å². The van der Waals surface area contributed by atoms with Crippen molar-refractivity contribution < 1.29 is 23.9 Å². The van der Waals surface area contributed by atoms with Gasteiger partial charge in [0.05, 0.1) is 11.8 Å². The average molecular weight is 431 g/mol. The number of halogens is 1. The first-order valence-corrected chi connectivity index (χ1v) is 10.4. The van der Waals surface area contributed by atoms with Gasteiger partial charge in [-0.3, -0.25) is 19.3 Å². The molecule has 1 N–H and O–H groups in total. The molecule has 1 aromatic carbocycles. The van der Waals surface area contributed by atoms with Crippen molar-refractivity contribution in [2.75, 3.05) is 11.9 Å². The first-order chi connectivity index (χ1) is 14.3. The highest BCUT2D eigenvalue weighted by molar-refractivity contribution is 6.30. The number of hydrogen-bond donors (Lipinski definition) is 1. The number of benzene rings is 1. The summed E-state index contributed by atoms with van der Waals surface area (Å²) in [6, 6.07) is 5.46. The summed E-state index contributed by atoms with van der Waals surface area (Å²) in [5.41, 5.74) is 0.515. The van der Waals surface area contributed by atoms with Gasteiger partial charge < -0.3 is 10.1 Å². The number of fused-ring (bicyclic) bond motifs is 5. The number of ether oxygens (including phenoxy) is 1. The second-order valence-electron chi connectivity index (χ2n) is 8.40. The van der Waals surface area contributed by atoms with Gasteiger partial charge in [-0.2, -0.15) is 0 Å². The minimum absolute atomic E-state index is 0.0652. The largest absolute Gasteiger partial charge is 0.454 e. The van der Waals surface area contributed by atoms with E-state index in [1.54, 1.807) is 38.1 Å². The summed E-state index contributed by atoms with van der Waals surface area (Å²) in [7, 11) is 0. The molecule has 5 atom stereocenters. The van der Waals surface area contributed by atoms with E-state index >= 15 is 0 Å². The molecule has 1 aliphatic heterocycles. The molecule has 8 heteroatoms. The summed E-state index contributed by atoms with van der Waals surface area (Å²) >= 11 is 5.81. The molecule has 1 aromatic rings. The zero-order chi connectivity index (χ0) is 21.6. The first-order valence-electron chi connectivity index (χ1n) is 10.0. The summed E-state index contributed by atoms with van der Waals surface area (Å²) in [5.74, 6) is -2.85. The number of allylic oxidation sites excluding steroid dienone is 2. The van der Waals surface area contributed by atoms with E-state index in [-0.39, 0.29) is 41.4 Å². The molecule has 1 saturated heterocycles. The van der Waals surface area contributed by atoms with Crippen LogP contribution in [0.2, 0.25) is 5.02 Å². The number of carbonyl (C=O) groups is 4. The molecule has 0 unspecified atom stereocenters. The number of amides is 3. The molecule has 1 heterocycles. The Morgan fingerprint density at radius 1 is 1.10 bits per heavy atom. The number of nitrogens with zero attached hydrogens (tertiary/aromatic N) is 1. The van der Waals surface area contributed by atoms with Crippen LogP contribution in [-0.4, -0.2) is 41.2 Å². The van der Waals surface area contributed by atoms with Crippen LogP contribution in [0, 0.1) is 29.6 Å². The van der Waals surface area contributed by atoms with E-state index in [4.69, 9.17) is 16.3 Å². The topological polar surface area (TPSA) is 92.8 Å². The zero-order valence-electron chi connectivity index (χ0n) is 16.7. The van der Waals surface area contributed by atoms with Crippen LogP contribution < -0.4 is 5.32 Å². The van der Waals surface area contributed by atoms with Gasteiger partial charge in [0.25, 0.3) is 5.91 Å². The molecule has 2 bridgehead atoms. The number of rotatable bonds is 6. The third-order valence-corrected chi connectivity index (χ3v) is 6.38. The Labute approximate surface area is 179 Å². The number of likely N-dealkylation sites (tertiary alicyclic amines) is 1. The number of esters is 1. The van der Waals surface area contributed by atoms with E-state index in [1.807, 2.05) is 12.2 Å². The van der Waals surface area contributed by atoms with Crippen molar-refractivity contribution in [3.8, 4) is 0 Å². The Balaban J connectivity index is 1.41. The van der Waals surface area contributed by atoms with Gasteiger partial charge in [0, 0.05) is 10.7 Å². The Hall–Kier alpha value is -2.67. The zero-order valence-corrected chi connectivity index (χ0v) is 17.5. The molecule has 2 fully saturated rings. The van der Waals surface area contributed by atoms with Crippen molar-refractivity contribution in [1.29, 1.82) is 0 Å². The van der Waals surface area contributed by atoms with Crippen LogP contribution in [0.1, 0.15) is 20.3 Å². The Bertz CT molecular complexity index is 896. The van der Waals surface area contributed by atoms with Crippen LogP contribution in [0.15, 0.2) is 36.4 Å². The SMILES string of the molecule is CC(C)[C@H](C(=O)OCC(=O)Nc1ccc(Cl)cc1)N1C(=O)[C@H]2[C@H](C1=O)[C@H]1C=C[C@H]2C1. The summed E-state index contributed by atoms with van der Waals surface area (Å²) in [6.07, 6.45) is 4.83. The Morgan fingerprint density at radius 3 is 2.20 bits per heavy atom. The highest BCUT2D eigenvalue weighted by Crippen LogP contribution is 2.53. The normalized spacial score (nSPS) is 27.5. The Kier molecular flexibility index (Phi) is 5.40. The van der Waals surface area contributed by atoms with E-state index < -0.39 is 24.5 Å². The predicted octanol–water partition coefficient (Wildman–Crippen LogP) is 2.65. The fourth-order valence-corrected chi connectivity index (χ4v) is 4.95. The van der Waals surface area contributed by atoms with Gasteiger partial charge in [0.1, 0.15) is 6.04 Å². The smallest absolute Gasteiger partial charge is 0.330 e. The van der Waals surface area contributed by atoms with Gasteiger partial charge in [-0.05, 0) is 48.4 Å². The van der Waals surface area contributed by atoms with Crippen LogP contribution >= 0.6 is 11.6 Å². The molecule has 0 spiro atoms. The van der Waals surface area contributed by atoms with Gasteiger partial charge in [-0.1, -0.05) is 37.6 Å². The molecule has 158 valence electrons. The van der Waals surface area contributed by atoms with E-state index in [9.17, 15) is 19.2 Å². The second-order valence-corrected chi connectivity index (χ2v) is 8.83. The maximum absolute atomic E-state index is 13.0. The molecular weight excluding hydrogens is 408 g/mol. The van der Waals surface area contributed by atoms with Crippen molar-refractivity contribution in [3.63, 3.8) is 0 Å². The van der Waals surface area contributed by atoms with Gasteiger partial charge in [-0.15, -0.1) is 0 Å². The quantitative estimate of drug-likeness (QED) is 0.425. The maximum atomic E-state index is 13.0. The molecule has 4 rings (SSSR count). The molecule has 0 radical (unpaired) electrons. The summed E-state index contributed by atoms with van der Waals surface area (Å²) in [4.78, 5) is 52.0. The van der Waals surface area contributed by atoms with Crippen LogP contribution in [0.3, 0.4) is 0 Å². The molecule has 2 aliphatic carbocycles. The minimum atomic E-state index is -1.04. The third-order valence-electron chi connectivity index (χ3n) is 6.13. The van der Waals surface area contributed by atoms with Crippen molar-refractivity contribution in [2.45, 2.75) is 26.3 Å². The molecule has 3 aliphatic rings. The number of carbonyl (C=O) groups excluding carboxylic acids is 4. The Morgan fingerprint density at radius 2 is 1.67 bits per heavy atom. The van der Waals surface area contributed by atoms with Crippen molar-refractivity contribution in [1.82, 2.24) is 4.90 Å². The predicted molar refractivity (Wildman–Crippen MR) is 109 cm³/mol. The lowest BCUT2D eigenvalue weighted by Gasteiger charge is -2.28. The summed E-state index contributed by atoms with van der Waals surface area (Å²) < 4.78 is 5.18. The van der Waals surface area contributed by atoms with Crippen LogP contribution in [0.4, 0.5) is 5.69 Å². The lowest BCUT2D eigenvalue weighted by atomic mass is 9.85. The number of anilines is 1. The van der Waals surface area contributed by atoms with Gasteiger partial charge >= 0.3 is 5.97 Å². The maximum Gasteiger partial charge on any atom is 0.330 e. The van der Waals surface area contributed by atoms with Crippen molar-refractivity contribution in [3.05, 3.63) is 41.4 Å². The first kappa shape index (κ1) is 20.6. The van der Waals surface area contributed by atoms with E-state index in [0.29, 0.717) is 10.7 Å². The molecule has 1 saturated carbocycles. The monoisotopic (exact) mass is 430 g/mol. The van der Waals surface area contributed by atoms with Crippen molar-refractivity contribution >= 4 is 41.0 Å². The summed E-state index contributed by atoms with van der Waals surface area (Å²) in [5, 5.41) is 3.14. The number of hydrogen-bond acceptors (Lipinski definition) is 5. The molecule has 3 amide bonds. The highest BCUT2D eigenvalue weighted by Gasteiger charge is 2.61. The van der Waals surface area contributed by atoms with Crippen LogP contribution in [0.5, 0.6) is 0 Å². The van der Waals surface area contributed by atoms with Gasteiger partial charge in [-0.25, -0.2) is 4.79 Å². The van der Waals surface area contributed by atoms with E-state index in [1.165, 1.54) is 0 Å². The highest BCUT2D eigenvalue weighted by atomic mass is 35.5. The number of nitrogens with one attached hydrogen (secondary N) is 1. The molecule has 30 heavy (non-hydrogen) atoms. The minimum Gasteiger partial charge on any atom is -0.454 e. The molecule has 7 nitrogen and oxygen atoms in total. The third kappa shape index (κ3) is 3.51. The second kappa shape index (κ2) is 7.87.